The normalized spacial score (nSPS) is 11.9. The van der Waals surface area contributed by atoms with Crippen LogP contribution in [0.4, 0.5) is 0 Å². The summed E-state index contributed by atoms with van der Waals surface area (Å²) in [6.07, 6.45) is 0.780. The first kappa shape index (κ1) is 17.1. The van der Waals surface area contributed by atoms with E-state index in [4.69, 9.17) is 0 Å². The van der Waals surface area contributed by atoms with Gasteiger partial charge >= 0.3 is 0 Å². The molecule has 128 valence electrons. The molecule has 0 aliphatic heterocycles. The number of thiophene rings is 1. The summed E-state index contributed by atoms with van der Waals surface area (Å²) in [5, 5.41) is 9.25. The molecule has 2 heterocycles. The first-order valence-corrected chi connectivity index (χ1v) is 8.98. The van der Waals surface area contributed by atoms with Crippen LogP contribution in [0.5, 0.6) is 0 Å². The number of benzene rings is 1. The van der Waals surface area contributed by atoms with Crippen molar-refractivity contribution in [2.45, 2.75) is 19.4 Å². The number of carbonyl (C=O) groups excluding carboxylic acids is 1. The van der Waals surface area contributed by atoms with Crippen LogP contribution in [0.3, 0.4) is 0 Å². The molecule has 0 bridgehead atoms. The molecule has 0 radical (unpaired) electrons. The Morgan fingerprint density at radius 3 is 2.68 bits per heavy atom. The zero-order chi connectivity index (χ0) is 17.6. The number of hydrogen-bond donors (Lipinski definition) is 1. The fraction of sp³-hybridized carbons (Fsp3) is 0.211. The molecule has 6 heteroatoms. The Morgan fingerprint density at radius 2 is 1.96 bits per heavy atom. The van der Waals surface area contributed by atoms with E-state index in [0.717, 1.165) is 12.0 Å². The van der Waals surface area contributed by atoms with Gasteiger partial charge in [-0.25, -0.2) is 4.68 Å². The summed E-state index contributed by atoms with van der Waals surface area (Å²) in [6, 6.07) is 16.1. The van der Waals surface area contributed by atoms with Gasteiger partial charge in [0.15, 0.2) is 0 Å². The first-order chi connectivity index (χ1) is 12.1. The number of amides is 1. The molecule has 3 rings (SSSR count). The van der Waals surface area contributed by atoms with Crippen LogP contribution in [0, 0.1) is 0 Å². The molecule has 0 spiro atoms. The monoisotopic (exact) mass is 353 g/mol. The lowest BCUT2D eigenvalue weighted by Crippen LogP contribution is -2.37. The molecule has 1 N–H and O–H groups in total. The van der Waals surface area contributed by atoms with E-state index in [9.17, 15) is 9.59 Å². The summed E-state index contributed by atoms with van der Waals surface area (Å²) in [5.74, 6) is -0.212. The van der Waals surface area contributed by atoms with E-state index in [0.29, 0.717) is 12.2 Å². The van der Waals surface area contributed by atoms with Crippen molar-refractivity contribution in [3.8, 4) is 11.3 Å². The van der Waals surface area contributed by atoms with Gasteiger partial charge < -0.3 is 5.32 Å². The molecule has 0 saturated heterocycles. The molecular formula is C19H19N3O2S. The van der Waals surface area contributed by atoms with E-state index in [2.05, 4.69) is 10.4 Å². The lowest BCUT2D eigenvalue weighted by Gasteiger charge is -2.15. The Labute approximate surface area is 150 Å². The van der Waals surface area contributed by atoms with Gasteiger partial charge in [0.25, 0.3) is 5.56 Å². The van der Waals surface area contributed by atoms with Crippen LogP contribution in [-0.4, -0.2) is 22.2 Å². The molecule has 1 amide bonds. The molecule has 1 atom stereocenters. The maximum Gasteiger partial charge on any atom is 0.267 e. The lowest BCUT2D eigenvalue weighted by molar-refractivity contribution is -0.124. The Morgan fingerprint density at radius 1 is 1.16 bits per heavy atom. The Kier molecular flexibility index (Phi) is 5.40. The number of rotatable bonds is 6. The Hall–Kier alpha value is -2.73. The van der Waals surface area contributed by atoms with Crippen molar-refractivity contribution in [2.24, 2.45) is 0 Å². The smallest absolute Gasteiger partial charge is 0.267 e. The second-order valence-corrected chi connectivity index (χ2v) is 6.70. The highest BCUT2D eigenvalue weighted by Crippen LogP contribution is 2.15. The summed E-state index contributed by atoms with van der Waals surface area (Å²) in [4.78, 5) is 25.7. The largest absolute Gasteiger partial charge is 0.354 e. The zero-order valence-electron chi connectivity index (χ0n) is 13.9. The third-order valence-electron chi connectivity index (χ3n) is 3.89. The molecule has 0 aliphatic rings. The van der Waals surface area contributed by atoms with Crippen molar-refractivity contribution >= 4 is 17.2 Å². The fourth-order valence-electron chi connectivity index (χ4n) is 2.49. The van der Waals surface area contributed by atoms with Gasteiger partial charge in [-0.3, -0.25) is 9.59 Å². The maximum absolute atomic E-state index is 12.4. The predicted octanol–water partition coefficient (Wildman–Crippen LogP) is 2.89. The van der Waals surface area contributed by atoms with Gasteiger partial charge in [-0.15, -0.1) is 11.3 Å². The van der Waals surface area contributed by atoms with Gasteiger partial charge in [0.1, 0.15) is 6.04 Å². The first-order valence-electron chi connectivity index (χ1n) is 8.10. The minimum Gasteiger partial charge on any atom is -0.354 e. The topological polar surface area (TPSA) is 64.0 Å². The highest BCUT2D eigenvalue weighted by atomic mass is 32.1. The second-order valence-electron chi connectivity index (χ2n) is 5.66. The van der Waals surface area contributed by atoms with Crippen molar-refractivity contribution in [1.29, 1.82) is 0 Å². The minimum atomic E-state index is -0.667. The van der Waals surface area contributed by atoms with Gasteiger partial charge in [0, 0.05) is 23.1 Å². The lowest BCUT2D eigenvalue weighted by atomic mass is 10.1. The van der Waals surface area contributed by atoms with Crippen molar-refractivity contribution in [2.75, 3.05) is 6.54 Å². The van der Waals surface area contributed by atoms with E-state index >= 15 is 0 Å². The zero-order valence-corrected chi connectivity index (χ0v) is 14.7. The van der Waals surface area contributed by atoms with Crippen LogP contribution in [0.1, 0.15) is 17.8 Å². The quantitative estimate of drug-likeness (QED) is 0.741. The van der Waals surface area contributed by atoms with E-state index in [-0.39, 0.29) is 11.5 Å². The van der Waals surface area contributed by atoms with Gasteiger partial charge in [0.05, 0.1) is 5.69 Å². The van der Waals surface area contributed by atoms with Crippen molar-refractivity contribution in [3.05, 3.63) is 75.2 Å². The number of carbonyl (C=O) groups is 1. The third kappa shape index (κ3) is 4.22. The van der Waals surface area contributed by atoms with Crippen molar-refractivity contribution in [1.82, 2.24) is 15.1 Å². The number of hydrogen-bond acceptors (Lipinski definition) is 4. The molecule has 0 fully saturated rings. The molecule has 0 unspecified atom stereocenters. The minimum absolute atomic E-state index is 0.212. The standard InChI is InChI=1S/C19H19N3O2S/c1-14(19(24)20-12-11-16-8-5-13-25-16)22-18(23)10-9-17(21-22)15-6-3-2-4-7-15/h2-10,13-14H,11-12H2,1H3,(H,20,24)/t14-/m0/s1. The van der Waals surface area contributed by atoms with E-state index in [1.165, 1.54) is 15.6 Å². The van der Waals surface area contributed by atoms with Crippen LogP contribution in [-0.2, 0) is 11.2 Å². The number of nitrogens with one attached hydrogen (secondary N) is 1. The average Bonchev–Trinajstić information content (AvgIpc) is 3.15. The van der Waals surface area contributed by atoms with E-state index in [1.807, 2.05) is 47.8 Å². The second kappa shape index (κ2) is 7.90. The third-order valence-corrected chi connectivity index (χ3v) is 4.83. The van der Waals surface area contributed by atoms with Crippen LogP contribution < -0.4 is 10.9 Å². The molecule has 3 aromatic rings. The van der Waals surface area contributed by atoms with E-state index in [1.54, 1.807) is 24.3 Å². The van der Waals surface area contributed by atoms with Crippen LogP contribution >= 0.6 is 11.3 Å². The highest BCUT2D eigenvalue weighted by molar-refractivity contribution is 7.09. The maximum atomic E-state index is 12.4. The van der Waals surface area contributed by atoms with Gasteiger partial charge in [-0.1, -0.05) is 36.4 Å². The Balaban J connectivity index is 1.71. The fourth-order valence-corrected chi connectivity index (χ4v) is 3.20. The van der Waals surface area contributed by atoms with Crippen molar-refractivity contribution < 1.29 is 4.79 Å². The summed E-state index contributed by atoms with van der Waals surface area (Å²) < 4.78 is 1.24. The number of aromatic nitrogens is 2. The number of nitrogens with zero attached hydrogens (tertiary/aromatic N) is 2. The van der Waals surface area contributed by atoms with Gasteiger partial charge in [-0.2, -0.15) is 5.10 Å². The van der Waals surface area contributed by atoms with E-state index < -0.39 is 6.04 Å². The van der Waals surface area contributed by atoms with Crippen LogP contribution in [0.2, 0.25) is 0 Å². The molecule has 5 nitrogen and oxygen atoms in total. The van der Waals surface area contributed by atoms with Crippen LogP contribution in [0.15, 0.2) is 64.8 Å². The molecule has 2 aromatic heterocycles. The van der Waals surface area contributed by atoms with Crippen LogP contribution in [0.25, 0.3) is 11.3 Å². The van der Waals surface area contributed by atoms with Gasteiger partial charge in [-0.05, 0) is 30.9 Å². The molecule has 0 saturated carbocycles. The molecule has 1 aromatic carbocycles. The highest BCUT2D eigenvalue weighted by Gasteiger charge is 2.17. The molecule has 25 heavy (non-hydrogen) atoms. The summed E-state index contributed by atoms with van der Waals surface area (Å²) in [6.45, 7) is 2.22. The Bertz CT molecular complexity index is 889. The van der Waals surface area contributed by atoms with Crippen molar-refractivity contribution in [3.63, 3.8) is 0 Å². The summed E-state index contributed by atoms with van der Waals surface area (Å²) in [7, 11) is 0. The predicted molar refractivity (Wildman–Crippen MR) is 99.7 cm³/mol. The van der Waals surface area contributed by atoms with Gasteiger partial charge in [0.2, 0.25) is 5.91 Å². The summed E-state index contributed by atoms with van der Waals surface area (Å²) >= 11 is 1.66. The average molecular weight is 353 g/mol. The SMILES string of the molecule is C[C@@H](C(=O)NCCc1cccs1)n1nc(-c2ccccc2)ccc1=O. The summed E-state index contributed by atoms with van der Waals surface area (Å²) in [5.41, 5.74) is 1.28. The molecule has 0 aliphatic carbocycles. The molecular weight excluding hydrogens is 334 g/mol.